The van der Waals surface area contributed by atoms with Gasteiger partial charge in [-0.25, -0.2) is 28.3 Å². The lowest BCUT2D eigenvalue weighted by atomic mass is 9.75. The highest BCUT2D eigenvalue weighted by molar-refractivity contribution is 5.85. The number of carbonyl (C=O) groups is 2. The Bertz CT molecular complexity index is 2120. The predicted octanol–water partition coefficient (Wildman–Crippen LogP) is 12.9. The summed E-state index contributed by atoms with van der Waals surface area (Å²) in [6, 6.07) is 0.385. The summed E-state index contributed by atoms with van der Waals surface area (Å²) in [6.07, 6.45) is 4.92. The molecule has 416 valence electrons. The summed E-state index contributed by atoms with van der Waals surface area (Å²) >= 11 is 0. The van der Waals surface area contributed by atoms with E-state index < -0.39 is 52.3 Å². The molecular weight excluding hydrogens is 988 g/mol. The molecule has 2 aromatic rings. The van der Waals surface area contributed by atoms with E-state index in [2.05, 4.69) is 72.8 Å². The maximum absolute atomic E-state index is 14.3. The molecule has 2 heterocycles. The van der Waals surface area contributed by atoms with Crippen LogP contribution in [0.5, 0.6) is 0 Å². The number of alkyl halides is 6. The van der Waals surface area contributed by atoms with Crippen LogP contribution in [0.1, 0.15) is 170 Å². The Kier molecular flexibility index (Phi) is 21.4. The number of nitrogens with two attached hydrogens (primary N) is 2. The summed E-state index contributed by atoms with van der Waals surface area (Å²) in [5, 5.41) is 11.7. The zero-order valence-electron chi connectivity index (χ0n) is 43.9. The van der Waals surface area contributed by atoms with Gasteiger partial charge in [0.25, 0.3) is 0 Å². The fraction of sp³-hybridized carbons (Fsp3) is 0.769. The molecule has 0 bridgehead atoms. The van der Waals surface area contributed by atoms with E-state index in [1.807, 2.05) is 20.8 Å². The van der Waals surface area contributed by atoms with Crippen LogP contribution in [0, 0.1) is 47.1 Å². The third-order valence-corrected chi connectivity index (χ3v) is 16.2. The number of aromatic nitrogens is 2. The average molecular weight is 1070 g/mol. The van der Waals surface area contributed by atoms with E-state index in [0.717, 1.165) is 77.0 Å². The number of halogens is 9. The van der Waals surface area contributed by atoms with E-state index in [1.54, 1.807) is 0 Å². The number of hydrogen-bond acceptors (Lipinski definition) is 10. The van der Waals surface area contributed by atoms with Crippen molar-refractivity contribution >= 4 is 36.2 Å². The summed E-state index contributed by atoms with van der Waals surface area (Å²) in [4.78, 5) is 32.1. The van der Waals surface area contributed by atoms with Gasteiger partial charge >= 0.3 is 24.5 Å². The fourth-order valence-electron chi connectivity index (χ4n) is 11.4. The fourth-order valence-corrected chi connectivity index (χ4v) is 11.4. The van der Waals surface area contributed by atoms with Crippen LogP contribution < -0.4 is 32.7 Å². The van der Waals surface area contributed by atoms with Crippen LogP contribution in [0.3, 0.4) is 0 Å². The number of pyridine rings is 2. The van der Waals surface area contributed by atoms with Crippen molar-refractivity contribution in [2.24, 2.45) is 47.0 Å². The number of ether oxygens (including phenoxy) is 2. The average Bonchev–Trinajstić information content (AvgIpc) is 3.91. The first-order chi connectivity index (χ1) is 33.4. The second-order valence-corrected chi connectivity index (χ2v) is 22.9. The van der Waals surface area contributed by atoms with Crippen molar-refractivity contribution in [3.05, 3.63) is 47.3 Å². The molecule has 21 heteroatoms. The molecule has 5 fully saturated rings. The maximum Gasteiger partial charge on any atom is 0.417 e. The molecule has 12 nitrogen and oxygen atoms in total. The van der Waals surface area contributed by atoms with E-state index in [-0.39, 0.29) is 66.0 Å². The van der Waals surface area contributed by atoms with Crippen molar-refractivity contribution in [3.8, 4) is 0 Å². The van der Waals surface area contributed by atoms with E-state index >= 15 is 0 Å². The lowest BCUT2D eigenvalue weighted by Gasteiger charge is -2.38. The Morgan fingerprint density at radius 2 is 1.04 bits per heavy atom. The van der Waals surface area contributed by atoms with Crippen molar-refractivity contribution in [2.45, 2.75) is 218 Å². The molecule has 73 heavy (non-hydrogen) atoms. The summed E-state index contributed by atoms with van der Waals surface area (Å²) in [5.74, 6) is 0.361. The summed E-state index contributed by atoms with van der Waals surface area (Å²) < 4.78 is 115. The second-order valence-electron chi connectivity index (χ2n) is 22.9. The standard InChI is InChI=1S/C23H33F4N3O2.C17H32N2O2.C12H15F4N3.ClH/c1-13(2)16-8-7-14(3)10-18(16)32-21(31)29-19-6-5-9-22(19,4)30-20-17(24)11-15(12-28-20)23(25,26)27;1-11(2)13-8-7-12(3)10-14(13)21-16(20)19-15-6-5-9-17(15,4)18;1-11(4-2-3-9(11)17)19-10-8(13)5-7(6-18-10)12(14,15)16;/h11-14,16,18-19H,5-10H2,1-4H3,(H,28,30)(H,29,31);11-15H,5-10,18H2,1-4H3,(H,19,20);5-6,9H,2-4,17H2,1H3,(H,18,19);1H/t14-,16+,18-,19?,22+;12-,13+,14-,15?,17?;9?,11-;/m110./s1. The summed E-state index contributed by atoms with van der Waals surface area (Å²) in [7, 11) is 0. The van der Waals surface area contributed by atoms with Gasteiger partial charge in [0, 0.05) is 30.0 Å². The van der Waals surface area contributed by atoms with E-state index in [1.165, 1.54) is 6.42 Å². The summed E-state index contributed by atoms with van der Waals surface area (Å²) in [6.45, 7) is 18.8. The predicted molar refractivity (Wildman–Crippen MR) is 269 cm³/mol. The minimum absolute atomic E-state index is 0. The molecule has 12 atom stereocenters. The van der Waals surface area contributed by atoms with Gasteiger partial charge in [-0.2, -0.15) is 26.3 Å². The molecule has 0 aromatic carbocycles. The molecule has 5 saturated carbocycles. The Labute approximate surface area is 432 Å². The molecule has 4 unspecified atom stereocenters. The first kappa shape index (κ1) is 61.6. The van der Waals surface area contributed by atoms with Crippen molar-refractivity contribution in [2.75, 3.05) is 10.6 Å². The van der Waals surface area contributed by atoms with Crippen LogP contribution >= 0.6 is 12.4 Å². The smallest absolute Gasteiger partial charge is 0.417 e. The van der Waals surface area contributed by atoms with Gasteiger partial charge in [-0.15, -0.1) is 12.4 Å². The van der Waals surface area contributed by atoms with Gasteiger partial charge in [-0.3, -0.25) is 0 Å². The third-order valence-electron chi connectivity index (χ3n) is 16.2. The van der Waals surface area contributed by atoms with Crippen molar-refractivity contribution < 1.29 is 54.2 Å². The number of alkyl carbamates (subject to hydrolysis) is 2. The Balaban J connectivity index is 0.000000247. The number of carbonyl (C=O) groups excluding carboxylic acids is 2. The molecule has 5 aliphatic rings. The van der Waals surface area contributed by atoms with E-state index in [4.69, 9.17) is 20.9 Å². The zero-order chi connectivity index (χ0) is 53.6. The molecule has 2 aromatic heterocycles. The number of amides is 2. The van der Waals surface area contributed by atoms with Gasteiger partial charge in [-0.05, 0) is 152 Å². The maximum atomic E-state index is 14.3. The van der Waals surface area contributed by atoms with Crippen LogP contribution in [0.4, 0.5) is 56.3 Å². The van der Waals surface area contributed by atoms with Gasteiger partial charge in [-0.1, -0.05) is 54.4 Å². The van der Waals surface area contributed by atoms with Crippen molar-refractivity contribution in [1.82, 2.24) is 20.6 Å². The normalized spacial score (nSPS) is 32.3. The molecular formula is C52H81ClF8N8O4. The van der Waals surface area contributed by atoms with Crippen LogP contribution in [-0.2, 0) is 21.8 Å². The van der Waals surface area contributed by atoms with Crippen LogP contribution in [-0.4, -0.2) is 69.1 Å². The largest absolute Gasteiger partial charge is 0.446 e. The number of hydrogen-bond donors (Lipinski definition) is 6. The van der Waals surface area contributed by atoms with Crippen LogP contribution in [0.2, 0.25) is 0 Å². The van der Waals surface area contributed by atoms with Gasteiger partial charge in [0.15, 0.2) is 23.3 Å². The highest BCUT2D eigenvalue weighted by Gasteiger charge is 2.44. The number of nitrogens with zero attached hydrogens (tertiary/aromatic N) is 2. The summed E-state index contributed by atoms with van der Waals surface area (Å²) in [5.41, 5.74) is 8.32. The van der Waals surface area contributed by atoms with Gasteiger partial charge in [0.2, 0.25) is 0 Å². The topological polar surface area (TPSA) is 179 Å². The molecule has 5 aliphatic carbocycles. The Hall–Kier alpha value is -3.91. The Morgan fingerprint density at radius 1 is 0.644 bits per heavy atom. The molecule has 2 amide bonds. The number of rotatable bonds is 10. The van der Waals surface area contributed by atoms with Gasteiger partial charge in [0.05, 0.1) is 28.2 Å². The molecule has 0 spiro atoms. The lowest BCUT2D eigenvalue weighted by molar-refractivity contribution is -0.138. The minimum Gasteiger partial charge on any atom is -0.446 e. The lowest BCUT2D eigenvalue weighted by Crippen LogP contribution is -2.53. The van der Waals surface area contributed by atoms with E-state index in [0.29, 0.717) is 72.9 Å². The van der Waals surface area contributed by atoms with Crippen molar-refractivity contribution in [1.29, 1.82) is 0 Å². The molecule has 0 radical (unpaired) electrons. The molecule has 7 rings (SSSR count). The molecule has 0 saturated heterocycles. The van der Waals surface area contributed by atoms with Gasteiger partial charge in [0.1, 0.15) is 12.2 Å². The number of anilines is 2. The van der Waals surface area contributed by atoms with E-state index in [9.17, 15) is 44.7 Å². The minimum atomic E-state index is -4.66. The first-order valence-corrected chi connectivity index (χ1v) is 25.9. The monoisotopic (exact) mass is 1070 g/mol. The van der Waals surface area contributed by atoms with Crippen molar-refractivity contribution in [3.63, 3.8) is 0 Å². The third kappa shape index (κ3) is 16.8. The van der Waals surface area contributed by atoms with Crippen LogP contribution in [0.15, 0.2) is 24.5 Å². The highest BCUT2D eigenvalue weighted by Crippen LogP contribution is 2.40. The van der Waals surface area contributed by atoms with Crippen LogP contribution in [0.25, 0.3) is 0 Å². The zero-order valence-corrected chi connectivity index (χ0v) is 44.7. The quantitative estimate of drug-likeness (QED) is 0.125. The SMILES string of the molecule is CC(C)[C@@H]1CC[C@@H](C)C[C@H]1OC(=O)NC1CCCC1(C)N.CC(C)[C@@H]1CC[C@@H](C)C[C@H]1OC(=O)NC1CCC[C@]1(C)Nc1ncc(C(F)(F)F)cc1F.C[C@]1(Nc2ncc(C(F)(F)F)cc2F)CCCC1N.Cl. The Morgan fingerprint density at radius 3 is 1.42 bits per heavy atom. The number of nitrogens with one attached hydrogen (secondary N) is 4. The first-order valence-electron chi connectivity index (χ1n) is 25.9. The van der Waals surface area contributed by atoms with Gasteiger partial charge < -0.3 is 42.2 Å². The molecule has 8 N–H and O–H groups in total. The second kappa shape index (κ2) is 25.3. The molecule has 0 aliphatic heterocycles. The highest BCUT2D eigenvalue weighted by atomic mass is 35.5.